The topological polar surface area (TPSA) is 41.1 Å². The average molecular weight is 286 g/mol. The Kier molecular flexibility index (Phi) is 4.93. The molecule has 2 rings (SSSR count). The number of halogens is 1. The lowest BCUT2D eigenvalue weighted by molar-refractivity contribution is -0.114. The van der Waals surface area contributed by atoms with E-state index in [2.05, 4.69) is 17.6 Å². The van der Waals surface area contributed by atoms with Crippen LogP contribution in [0.3, 0.4) is 0 Å². The maximum Gasteiger partial charge on any atom is 0.243 e. The fourth-order valence-corrected chi connectivity index (χ4v) is 1.96. The summed E-state index contributed by atoms with van der Waals surface area (Å²) >= 11 is 0. The van der Waals surface area contributed by atoms with Crippen molar-refractivity contribution in [2.45, 2.75) is 20.3 Å². The molecule has 0 unspecified atom stereocenters. The minimum atomic E-state index is -0.281. The molecule has 21 heavy (non-hydrogen) atoms. The van der Waals surface area contributed by atoms with E-state index in [9.17, 15) is 9.18 Å². The van der Waals surface area contributed by atoms with Crippen molar-refractivity contribution >= 4 is 17.3 Å². The molecule has 2 N–H and O–H groups in total. The Bertz CT molecular complexity index is 640. The van der Waals surface area contributed by atoms with Gasteiger partial charge in [0.25, 0.3) is 0 Å². The van der Waals surface area contributed by atoms with Crippen LogP contribution in [0.5, 0.6) is 0 Å². The third-order valence-corrected chi connectivity index (χ3v) is 3.24. The smallest absolute Gasteiger partial charge is 0.243 e. The Morgan fingerprint density at radius 3 is 2.67 bits per heavy atom. The summed E-state index contributed by atoms with van der Waals surface area (Å²) in [7, 11) is 0. The maximum absolute atomic E-state index is 13.4. The molecule has 2 aromatic carbocycles. The molecule has 0 saturated carbocycles. The number of carbonyl (C=O) groups excluding carboxylic acids is 1. The molecule has 4 heteroatoms. The van der Waals surface area contributed by atoms with E-state index >= 15 is 0 Å². The van der Waals surface area contributed by atoms with Gasteiger partial charge in [0.1, 0.15) is 5.82 Å². The van der Waals surface area contributed by atoms with Crippen LogP contribution in [0, 0.1) is 12.7 Å². The average Bonchev–Trinajstić information content (AvgIpc) is 2.48. The number of carbonyl (C=O) groups is 1. The van der Waals surface area contributed by atoms with Gasteiger partial charge >= 0.3 is 0 Å². The molecule has 0 aliphatic heterocycles. The summed E-state index contributed by atoms with van der Waals surface area (Å²) in [5.41, 5.74) is 3.12. The van der Waals surface area contributed by atoms with E-state index in [1.807, 2.05) is 24.3 Å². The molecule has 2 aromatic rings. The highest BCUT2D eigenvalue weighted by Gasteiger charge is 2.04. The minimum absolute atomic E-state index is 0.0961. The maximum atomic E-state index is 13.4. The summed E-state index contributed by atoms with van der Waals surface area (Å²) in [5.74, 6) is -0.444. The van der Waals surface area contributed by atoms with Crippen molar-refractivity contribution in [3.63, 3.8) is 0 Å². The lowest BCUT2D eigenvalue weighted by Crippen LogP contribution is -2.21. The van der Waals surface area contributed by atoms with Crippen molar-refractivity contribution in [2.24, 2.45) is 0 Å². The SMILES string of the molecule is CCc1cccc(NC(=O)CNc2ccc(C)c(F)c2)c1. The predicted molar refractivity (Wildman–Crippen MR) is 84.1 cm³/mol. The van der Waals surface area contributed by atoms with Gasteiger partial charge in [-0.2, -0.15) is 0 Å². The predicted octanol–water partition coefficient (Wildman–Crippen LogP) is 3.75. The highest BCUT2D eigenvalue weighted by atomic mass is 19.1. The summed E-state index contributed by atoms with van der Waals surface area (Å²) in [4.78, 5) is 11.9. The first-order chi connectivity index (χ1) is 10.1. The zero-order valence-corrected chi connectivity index (χ0v) is 12.2. The van der Waals surface area contributed by atoms with E-state index in [0.29, 0.717) is 11.3 Å². The highest BCUT2D eigenvalue weighted by Crippen LogP contribution is 2.14. The van der Waals surface area contributed by atoms with Crippen molar-refractivity contribution in [3.05, 3.63) is 59.4 Å². The largest absolute Gasteiger partial charge is 0.376 e. The number of anilines is 2. The lowest BCUT2D eigenvalue weighted by Gasteiger charge is -2.09. The second-order valence-electron chi connectivity index (χ2n) is 4.92. The van der Waals surface area contributed by atoms with Gasteiger partial charge in [0.2, 0.25) is 5.91 Å². The van der Waals surface area contributed by atoms with Gasteiger partial charge < -0.3 is 10.6 Å². The Balaban J connectivity index is 1.90. The summed E-state index contributed by atoms with van der Waals surface area (Å²) in [6.45, 7) is 3.86. The molecule has 0 atom stereocenters. The third-order valence-electron chi connectivity index (χ3n) is 3.24. The van der Waals surface area contributed by atoms with Gasteiger partial charge in [0.15, 0.2) is 0 Å². The van der Waals surface area contributed by atoms with Crippen LogP contribution in [0.25, 0.3) is 0 Å². The number of hydrogen-bond acceptors (Lipinski definition) is 2. The van der Waals surface area contributed by atoms with E-state index in [-0.39, 0.29) is 18.3 Å². The molecule has 0 bridgehead atoms. The Morgan fingerprint density at radius 2 is 1.95 bits per heavy atom. The number of rotatable bonds is 5. The monoisotopic (exact) mass is 286 g/mol. The van der Waals surface area contributed by atoms with Gasteiger partial charge in [0.05, 0.1) is 6.54 Å². The molecule has 0 spiro atoms. The molecule has 1 amide bonds. The van der Waals surface area contributed by atoms with Crippen LogP contribution in [0.2, 0.25) is 0 Å². The van der Waals surface area contributed by atoms with Crippen molar-refractivity contribution in [1.29, 1.82) is 0 Å². The van der Waals surface area contributed by atoms with Crippen LogP contribution in [-0.4, -0.2) is 12.5 Å². The zero-order valence-electron chi connectivity index (χ0n) is 12.2. The fourth-order valence-electron chi connectivity index (χ4n) is 1.96. The summed E-state index contributed by atoms with van der Waals surface area (Å²) in [5, 5.41) is 5.73. The number of nitrogens with one attached hydrogen (secondary N) is 2. The van der Waals surface area contributed by atoms with Gasteiger partial charge in [0, 0.05) is 11.4 Å². The Hall–Kier alpha value is -2.36. The molecule has 0 radical (unpaired) electrons. The van der Waals surface area contributed by atoms with E-state index < -0.39 is 0 Å². The zero-order chi connectivity index (χ0) is 15.2. The minimum Gasteiger partial charge on any atom is -0.376 e. The molecule has 3 nitrogen and oxygen atoms in total. The van der Waals surface area contributed by atoms with Gasteiger partial charge in [-0.25, -0.2) is 4.39 Å². The van der Waals surface area contributed by atoms with Crippen molar-refractivity contribution in [1.82, 2.24) is 0 Å². The van der Waals surface area contributed by atoms with Crippen molar-refractivity contribution in [3.8, 4) is 0 Å². The number of aryl methyl sites for hydroxylation is 2. The molecule has 0 fully saturated rings. The first-order valence-corrected chi connectivity index (χ1v) is 6.97. The first-order valence-electron chi connectivity index (χ1n) is 6.97. The highest BCUT2D eigenvalue weighted by molar-refractivity contribution is 5.93. The second-order valence-corrected chi connectivity index (χ2v) is 4.92. The standard InChI is InChI=1S/C17H19FN2O/c1-3-13-5-4-6-15(9-13)20-17(21)11-19-14-8-7-12(2)16(18)10-14/h4-10,19H,3,11H2,1-2H3,(H,20,21). The van der Waals surface area contributed by atoms with Crippen LogP contribution in [0.4, 0.5) is 15.8 Å². The summed E-state index contributed by atoms with van der Waals surface area (Å²) in [6, 6.07) is 12.6. The molecular weight excluding hydrogens is 267 g/mol. The Morgan fingerprint density at radius 1 is 1.14 bits per heavy atom. The summed E-state index contributed by atoms with van der Waals surface area (Å²) < 4.78 is 13.4. The number of amides is 1. The fraction of sp³-hybridized carbons (Fsp3) is 0.235. The molecule has 110 valence electrons. The molecule has 0 aliphatic carbocycles. The molecule has 0 saturated heterocycles. The number of hydrogen-bond donors (Lipinski definition) is 2. The first kappa shape index (κ1) is 15.0. The van der Waals surface area contributed by atoms with E-state index in [1.165, 1.54) is 11.6 Å². The lowest BCUT2D eigenvalue weighted by atomic mass is 10.1. The summed E-state index contributed by atoms with van der Waals surface area (Å²) in [6.07, 6.45) is 0.921. The van der Waals surface area contributed by atoms with E-state index in [1.54, 1.807) is 19.1 Å². The molecule has 0 aromatic heterocycles. The van der Waals surface area contributed by atoms with Gasteiger partial charge in [-0.15, -0.1) is 0 Å². The van der Waals surface area contributed by atoms with Crippen LogP contribution in [0.15, 0.2) is 42.5 Å². The number of benzene rings is 2. The van der Waals surface area contributed by atoms with Crippen molar-refractivity contribution < 1.29 is 9.18 Å². The van der Waals surface area contributed by atoms with Gasteiger partial charge in [-0.3, -0.25) is 4.79 Å². The third kappa shape index (κ3) is 4.31. The van der Waals surface area contributed by atoms with Crippen LogP contribution in [-0.2, 0) is 11.2 Å². The van der Waals surface area contributed by atoms with Crippen molar-refractivity contribution in [2.75, 3.05) is 17.2 Å². The molecule has 0 heterocycles. The quantitative estimate of drug-likeness (QED) is 0.879. The van der Waals surface area contributed by atoms with Crippen LogP contribution < -0.4 is 10.6 Å². The molecule has 0 aliphatic rings. The van der Waals surface area contributed by atoms with Crippen LogP contribution >= 0.6 is 0 Å². The van der Waals surface area contributed by atoms with E-state index in [4.69, 9.17) is 0 Å². The molecular formula is C17H19FN2O. The van der Waals surface area contributed by atoms with E-state index in [0.717, 1.165) is 12.1 Å². The van der Waals surface area contributed by atoms with Gasteiger partial charge in [-0.05, 0) is 48.7 Å². The Labute approximate surface area is 124 Å². The van der Waals surface area contributed by atoms with Gasteiger partial charge in [-0.1, -0.05) is 25.1 Å². The van der Waals surface area contributed by atoms with Crippen LogP contribution in [0.1, 0.15) is 18.1 Å². The normalized spacial score (nSPS) is 10.2. The second kappa shape index (κ2) is 6.88.